The minimum atomic E-state index is -4.82. The predicted octanol–water partition coefficient (Wildman–Crippen LogP) is 6.75. The van der Waals surface area contributed by atoms with Gasteiger partial charge in [-0.05, 0) is 67.9 Å². The number of carboxylic acid groups (broad SMARTS) is 1. The number of nitrogens with zero attached hydrogens (tertiary/aromatic N) is 3. The summed E-state index contributed by atoms with van der Waals surface area (Å²) in [7, 11) is 1.29. The van der Waals surface area contributed by atoms with Gasteiger partial charge in [-0.2, -0.15) is 0 Å². The van der Waals surface area contributed by atoms with E-state index in [1.165, 1.54) is 50.4 Å². The van der Waals surface area contributed by atoms with Crippen molar-refractivity contribution in [2.45, 2.75) is 65.4 Å². The van der Waals surface area contributed by atoms with Crippen molar-refractivity contribution in [3.63, 3.8) is 0 Å². The zero-order valence-electron chi connectivity index (χ0n) is 22.8. The van der Waals surface area contributed by atoms with Gasteiger partial charge >= 0.3 is 12.3 Å². The number of hydrogen-bond acceptors (Lipinski definition) is 5. The van der Waals surface area contributed by atoms with Gasteiger partial charge in [0.1, 0.15) is 17.6 Å². The molecule has 0 bridgehead atoms. The zero-order valence-corrected chi connectivity index (χ0v) is 22.8. The Morgan fingerprint density at radius 3 is 2.42 bits per heavy atom. The van der Waals surface area contributed by atoms with Gasteiger partial charge in [0.15, 0.2) is 0 Å². The standard InChI is InChI=1S/C28H32F4N4O4/c1-15-10-18(14-27(3,4)13-15)36-23-12-21(29)20(24(37)35(5)16(2)25(38)39)11-22(23)34-26(36)33-17-6-8-19(9-7-17)40-28(30,31)32/h6-9,11-12,15-16,18H,10,13-14H2,1-5H3,(H,33,34)(H,38,39). The van der Waals surface area contributed by atoms with Crippen LogP contribution in [-0.4, -0.2) is 50.9 Å². The molecule has 1 fully saturated rings. The highest BCUT2D eigenvalue weighted by Gasteiger charge is 2.35. The first-order valence-electron chi connectivity index (χ1n) is 12.9. The molecule has 0 spiro atoms. The van der Waals surface area contributed by atoms with E-state index < -0.39 is 30.1 Å². The van der Waals surface area contributed by atoms with Gasteiger partial charge in [0.2, 0.25) is 5.95 Å². The Kier molecular flexibility index (Phi) is 7.75. The van der Waals surface area contributed by atoms with Crippen LogP contribution >= 0.6 is 0 Å². The van der Waals surface area contributed by atoms with Crippen LogP contribution in [0.4, 0.5) is 29.2 Å². The maximum atomic E-state index is 15.4. The van der Waals surface area contributed by atoms with Crippen molar-refractivity contribution in [3.05, 3.63) is 47.8 Å². The number of halogens is 4. The number of anilines is 2. The minimum Gasteiger partial charge on any atom is -0.480 e. The molecule has 40 heavy (non-hydrogen) atoms. The summed E-state index contributed by atoms with van der Waals surface area (Å²) >= 11 is 0. The first kappa shape index (κ1) is 29.2. The van der Waals surface area contributed by atoms with E-state index in [0.717, 1.165) is 24.2 Å². The topological polar surface area (TPSA) is 96.7 Å². The van der Waals surface area contributed by atoms with E-state index in [9.17, 15) is 27.9 Å². The number of fused-ring (bicyclic) bond motifs is 1. The van der Waals surface area contributed by atoms with Crippen LogP contribution in [0, 0.1) is 17.2 Å². The Labute approximate surface area is 228 Å². The van der Waals surface area contributed by atoms with Gasteiger partial charge in [0.25, 0.3) is 5.91 Å². The van der Waals surface area contributed by atoms with Crippen molar-refractivity contribution in [2.75, 3.05) is 12.4 Å². The van der Waals surface area contributed by atoms with Crippen LogP contribution in [0.5, 0.6) is 5.75 Å². The van der Waals surface area contributed by atoms with Gasteiger partial charge in [0.05, 0.1) is 16.6 Å². The van der Waals surface area contributed by atoms with Gasteiger partial charge in [-0.1, -0.05) is 20.8 Å². The lowest BCUT2D eigenvalue weighted by molar-refractivity contribution is -0.274. The average Bonchev–Trinajstić information content (AvgIpc) is 3.17. The number of benzene rings is 2. The summed E-state index contributed by atoms with van der Waals surface area (Å²) in [4.78, 5) is 29.9. The number of aromatic nitrogens is 2. The quantitative estimate of drug-likeness (QED) is 0.308. The molecule has 3 unspecified atom stereocenters. The van der Waals surface area contributed by atoms with E-state index in [1.807, 2.05) is 4.57 Å². The first-order chi connectivity index (χ1) is 18.5. The summed E-state index contributed by atoms with van der Waals surface area (Å²) in [6.45, 7) is 7.80. The molecule has 3 atom stereocenters. The zero-order chi connectivity index (χ0) is 29.6. The summed E-state index contributed by atoms with van der Waals surface area (Å²) in [6, 6.07) is 6.45. The molecule has 3 aromatic rings. The number of alkyl halides is 3. The smallest absolute Gasteiger partial charge is 0.480 e. The molecule has 0 saturated heterocycles. The molecule has 1 aromatic heterocycles. The van der Waals surface area contributed by atoms with E-state index in [4.69, 9.17) is 0 Å². The van der Waals surface area contributed by atoms with Gasteiger partial charge < -0.3 is 24.6 Å². The van der Waals surface area contributed by atoms with Crippen LogP contribution in [-0.2, 0) is 4.79 Å². The molecule has 1 aliphatic rings. The van der Waals surface area contributed by atoms with Crippen LogP contribution in [0.1, 0.15) is 63.4 Å². The maximum absolute atomic E-state index is 15.4. The highest BCUT2D eigenvalue weighted by atomic mass is 19.4. The fourth-order valence-electron chi connectivity index (χ4n) is 5.63. The van der Waals surface area contributed by atoms with Gasteiger partial charge in [-0.3, -0.25) is 4.79 Å². The number of carboxylic acids is 1. The monoisotopic (exact) mass is 564 g/mol. The first-order valence-corrected chi connectivity index (χ1v) is 12.9. The van der Waals surface area contributed by atoms with E-state index >= 15 is 4.39 Å². The summed E-state index contributed by atoms with van der Waals surface area (Å²) in [5, 5.41) is 12.4. The third-order valence-corrected chi connectivity index (χ3v) is 7.34. The second kappa shape index (κ2) is 10.6. The fourth-order valence-corrected chi connectivity index (χ4v) is 5.63. The lowest BCUT2D eigenvalue weighted by Gasteiger charge is -2.40. The van der Waals surface area contributed by atoms with Crippen molar-refractivity contribution < 1.29 is 37.0 Å². The second-order valence-electron chi connectivity index (χ2n) is 11.3. The SMILES string of the molecule is CC1CC(n2c(Nc3ccc(OC(F)(F)F)cc3)nc3cc(C(=O)N(C)C(C)C(=O)O)c(F)cc32)CC(C)(C)C1. The molecule has 8 nitrogen and oxygen atoms in total. The Hall–Kier alpha value is -3.83. The van der Waals surface area contributed by atoms with E-state index in [2.05, 4.69) is 35.8 Å². The van der Waals surface area contributed by atoms with Crippen molar-refractivity contribution in [2.24, 2.45) is 11.3 Å². The number of ether oxygens (including phenoxy) is 1. The fraction of sp³-hybridized carbons (Fsp3) is 0.464. The molecule has 1 heterocycles. The summed E-state index contributed by atoms with van der Waals surface area (Å²) in [6.07, 6.45) is -2.23. The highest BCUT2D eigenvalue weighted by molar-refractivity contribution is 5.99. The van der Waals surface area contributed by atoms with Gasteiger partial charge in [0, 0.05) is 24.8 Å². The van der Waals surface area contributed by atoms with Gasteiger partial charge in [-0.15, -0.1) is 13.2 Å². The molecule has 2 N–H and O–H groups in total. The summed E-state index contributed by atoms with van der Waals surface area (Å²) in [5.41, 5.74) is 0.872. The number of amides is 1. The number of likely N-dealkylation sites (N-methyl/N-ethyl adjacent to an activating group) is 1. The largest absolute Gasteiger partial charge is 0.573 e. The van der Waals surface area contributed by atoms with E-state index in [0.29, 0.717) is 28.6 Å². The second-order valence-corrected chi connectivity index (χ2v) is 11.3. The van der Waals surface area contributed by atoms with E-state index in [-0.39, 0.29) is 22.8 Å². The Balaban J connectivity index is 1.78. The summed E-state index contributed by atoms with van der Waals surface area (Å²) < 4.78 is 59.0. The molecule has 216 valence electrons. The van der Waals surface area contributed by atoms with Crippen molar-refractivity contribution in [3.8, 4) is 5.75 Å². The lowest BCUT2D eigenvalue weighted by Crippen LogP contribution is -2.40. The maximum Gasteiger partial charge on any atom is 0.573 e. The lowest BCUT2D eigenvalue weighted by atomic mass is 9.70. The number of imidazole rings is 1. The Morgan fingerprint density at radius 2 is 1.85 bits per heavy atom. The van der Waals surface area contributed by atoms with Crippen LogP contribution < -0.4 is 10.1 Å². The molecule has 2 aromatic carbocycles. The molecule has 0 aliphatic heterocycles. The molecule has 12 heteroatoms. The number of rotatable bonds is 7. The molecular weight excluding hydrogens is 532 g/mol. The molecule has 1 aliphatic carbocycles. The summed E-state index contributed by atoms with van der Waals surface area (Å²) in [5.74, 6) is -2.51. The van der Waals surface area contributed by atoms with Crippen molar-refractivity contribution in [1.82, 2.24) is 14.5 Å². The Morgan fingerprint density at radius 1 is 1.20 bits per heavy atom. The third kappa shape index (κ3) is 6.31. The van der Waals surface area contributed by atoms with Crippen LogP contribution in [0.2, 0.25) is 0 Å². The third-order valence-electron chi connectivity index (χ3n) is 7.34. The minimum absolute atomic E-state index is 0.00306. The number of carbonyl (C=O) groups excluding carboxylic acids is 1. The molecule has 0 radical (unpaired) electrons. The van der Waals surface area contributed by atoms with Gasteiger partial charge in [-0.25, -0.2) is 14.2 Å². The highest BCUT2D eigenvalue weighted by Crippen LogP contribution is 2.46. The number of nitrogens with one attached hydrogen (secondary N) is 1. The van der Waals surface area contributed by atoms with Crippen molar-refractivity contribution in [1.29, 1.82) is 0 Å². The number of aliphatic carboxylic acids is 1. The molecule has 1 amide bonds. The van der Waals surface area contributed by atoms with Crippen molar-refractivity contribution >= 4 is 34.5 Å². The predicted molar refractivity (Wildman–Crippen MR) is 141 cm³/mol. The van der Waals surface area contributed by atoms with E-state index in [1.54, 1.807) is 0 Å². The van der Waals surface area contributed by atoms with Crippen LogP contribution in [0.3, 0.4) is 0 Å². The van der Waals surface area contributed by atoms with Crippen LogP contribution in [0.25, 0.3) is 11.0 Å². The number of hydrogen-bond donors (Lipinski definition) is 2. The molecule has 1 saturated carbocycles. The number of carbonyl (C=O) groups is 2. The average molecular weight is 565 g/mol. The Bertz CT molecular complexity index is 1420. The molecule has 4 rings (SSSR count). The van der Waals surface area contributed by atoms with Crippen LogP contribution in [0.15, 0.2) is 36.4 Å². The molecular formula is C28H32F4N4O4. The normalized spacial score (nSPS) is 19.7.